The first-order valence-electron chi connectivity index (χ1n) is 9.34. The Morgan fingerprint density at radius 2 is 1.84 bits per heavy atom. The van der Waals surface area contributed by atoms with Crippen molar-refractivity contribution < 1.29 is 9.53 Å². The van der Waals surface area contributed by atoms with E-state index in [0.29, 0.717) is 25.7 Å². The maximum Gasteiger partial charge on any atom is 0.337 e. The molecule has 32 heavy (non-hydrogen) atoms. The average Bonchev–Trinajstić information content (AvgIpc) is 3.11. The zero-order valence-corrected chi connectivity index (χ0v) is 19.0. The number of thiazole rings is 1. The van der Waals surface area contributed by atoms with Crippen molar-refractivity contribution in [3.8, 4) is 6.07 Å². The normalized spacial score (nSPS) is 16.0. The molecule has 4 rings (SSSR count). The summed E-state index contributed by atoms with van der Waals surface area (Å²) in [6.45, 7) is 0. The molecule has 1 aliphatic heterocycles. The number of nitrogens with zero attached hydrogens (tertiary/aromatic N) is 2. The van der Waals surface area contributed by atoms with Crippen LogP contribution in [-0.4, -0.2) is 17.6 Å². The Morgan fingerprint density at radius 1 is 1.19 bits per heavy atom. The molecule has 9 heteroatoms. The van der Waals surface area contributed by atoms with E-state index >= 15 is 0 Å². The van der Waals surface area contributed by atoms with Gasteiger partial charge in [0.2, 0.25) is 0 Å². The van der Waals surface area contributed by atoms with Gasteiger partial charge in [-0.3, -0.25) is 9.36 Å². The number of rotatable bonds is 3. The molecule has 0 radical (unpaired) electrons. The van der Waals surface area contributed by atoms with E-state index in [1.807, 2.05) is 0 Å². The lowest BCUT2D eigenvalue weighted by molar-refractivity contribution is -0.134. The van der Waals surface area contributed by atoms with Gasteiger partial charge in [0.1, 0.15) is 10.5 Å². The van der Waals surface area contributed by atoms with Crippen molar-refractivity contribution in [2.75, 3.05) is 7.11 Å². The zero-order chi connectivity index (χ0) is 23.0. The van der Waals surface area contributed by atoms with Crippen LogP contribution in [0.5, 0.6) is 0 Å². The highest BCUT2D eigenvalue weighted by Gasteiger charge is 2.37. The van der Waals surface area contributed by atoms with E-state index in [1.54, 1.807) is 54.6 Å². The lowest BCUT2D eigenvalue weighted by Gasteiger charge is -2.25. The Morgan fingerprint density at radius 3 is 2.47 bits per heavy atom. The summed E-state index contributed by atoms with van der Waals surface area (Å²) in [5, 5.41) is 10.7. The molecule has 2 N–H and O–H groups in total. The van der Waals surface area contributed by atoms with Crippen molar-refractivity contribution in [1.82, 2.24) is 4.57 Å². The SMILES string of the molecule is COC(=O)C1=c2s/c(=C/c3ccccc3Cl)c(=O)n2C(N)=C(C#N)[C@H]1c1ccccc1Cl. The van der Waals surface area contributed by atoms with Crippen LogP contribution in [0.1, 0.15) is 17.0 Å². The summed E-state index contributed by atoms with van der Waals surface area (Å²) in [7, 11) is 1.24. The Kier molecular flexibility index (Phi) is 5.94. The molecule has 0 amide bonds. The fourth-order valence-electron chi connectivity index (χ4n) is 3.61. The van der Waals surface area contributed by atoms with E-state index in [1.165, 1.54) is 11.7 Å². The molecule has 2 heterocycles. The van der Waals surface area contributed by atoms with E-state index in [2.05, 4.69) is 6.07 Å². The van der Waals surface area contributed by atoms with Crippen LogP contribution < -0.4 is 20.5 Å². The highest BCUT2D eigenvalue weighted by atomic mass is 35.5. The summed E-state index contributed by atoms with van der Waals surface area (Å²) < 4.78 is 6.77. The molecule has 1 aliphatic rings. The molecular formula is C23H15Cl2N3O3S. The monoisotopic (exact) mass is 483 g/mol. The number of fused-ring (bicyclic) bond motifs is 1. The van der Waals surface area contributed by atoms with Crippen molar-refractivity contribution in [3.63, 3.8) is 0 Å². The van der Waals surface area contributed by atoms with Crippen LogP contribution in [0.2, 0.25) is 10.0 Å². The number of carbonyl (C=O) groups is 1. The van der Waals surface area contributed by atoms with Crippen LogP contribution >= 0.6 is 34.5 Å². The molecule has 6 nitrogen and oxygen atoms in total. The van der Waals surface area contributed by atoms with E-state index in [4.69, 9.17) is 33.7 Å². The van der Waals surface area contributed by atoms with Gasteiger partial charge < -0.3 is 10.5 Å². The van der Waals surface area contributed by atoms with Crippen LogP contribution in [0, 0.1) is 11.3 Å². The molecule has 0 saturated heterocycles. The molecule has 0 fully saturated rings. The first-order chi connectivity index (χ1) is 15.4. The number of methoxy groups -OCH3 is 1. The van der Waals surface area contributed by atoms with Crippen molar-refractivity contribution in [2.45, 2.75) is 5.92 Å². The molecular weight excluding hydrogens is 469 g/mol. The van der Waals surface area contributed by atoms with Crippen LogP contribution in [0.3, 0.4) is 0 Å². The fourth-order valence-corrected chi connectivity index (χ4v) is 5.20. The van der Waals surface area contributed by atoms with Crippen molar-refractivity contribution in [2.24, 2.45) is 5.73 Å². The Balaban J connectivity index is 2.15. The third-order valence-electron chi connectivity index (χ3n) is 5.08. The van der Waals surface area contributed by atoms with Gasteiger partial charge in [-0.2, -0.15) is 5.26 Å². The second-order valence-electron chi connectivity index (χ2n) is 6.85. The number of nitriles is 1. The predicted octanol–water partition coefficient (Wildman–Crippen LogP) is 2.82. The zero-order valence-electron chi connectivity index (χ0n) is 16.6. The summed E-state index contributed by atoms with van der Waals surface area (Å²) in [6, 6.07) is 16.0. The molecule has 0 spiro atoms. The number of nitrogens with two attached hydrogens (primary N) is 1. The standard InChI is InChI=1S/C23H15Cl2N3O3S/c1-31-23(30)19-18(13-7-3-5-9-16(13)25)14(11-26)20(27)28-21(29)17(32-22(19)28)10-12-6-2-4-8-15(12)24/h2-10,18H,27H2,1H3/b17-10+/t18-/m1/s1. The molecule has 1 aromatic heterocycles. The number of benzene rings is 2. The van der Waals surface area contributed by atoms with Gasteiger partial charge in [0.25, 0.3) is 5.56 Å². The first-order valence-corrected chi connectivity index (χ1v) is 10.9. The topological polar surface area (TPSA) is 98.1 Å². The van der Waals surface area contributed by atoms with E-state index in [-0.39, 0.29) is 21.6 Å². The summed E-state index contributed by atoms with van der Waals surface area (Å²) in [4.78, 5) is 26.2. The van der Waals surface area contributed by atoms with Crippen LogP contribution in [0.4, 0.5) is 0 Å². The number of aromatic nitrogens is 1. The maximum atomic E-state index is 13.3. The fraction of sp³-hybridized carbons (Fsp3) is 0.0870. The summed E-state index contributed by atoms with van der Waals surface area (Å²) in [5.41, 5.74) is 7.14. The van der Waals surface area contributed by atoms with Gasteiger partial charge in [0, 0.05) is 10.0 Å². The lowest BCUT2D eigenvalue weighted by Crippen LogP contribution is -2.40. The van der Waals surface area contributed by atoms with Crippen molar-refractivity contribution in [1.29, 1.82) is 5.26 Å². The van der Waals surface area contributed by atoms with Crippen molar-refractivity contribution in [3.05, 3.63) is 94.8 Å². The van der Waals surface area contributed by atoms with E-state index in [9.17, 15) is 14.9 Å². The van der Waals surface area contributed by atoms with Gasteiger partial charge in [-0.1, -0.05) is 59.6 Å². The molecule has 0 unspecified atom stereocenters. The van der Waals surface area contributed by atoms with Gasteiger partial charge in [-0.25, -0.2) is 4.79 Å². The Bertz CT molecular complexity index is 1510. The first kappa shape index (κ1) is 21.9. The molecule has 1 atom stereocenters. The van der Waals surface area contributed by atoms with Gasteiger partial charge >= 0.3 is 5.97 Å². The minimum atomic E-state index is -0.882. The minimum Gasteiger partial charge on any atom is -0.466 e. The molecule has 0 saturated carbocycles. The second kappa shape index (κ2) is 8.67. The largest absolute Gasteiger partial charge is 0.466 e. The number of hydrogen-bond acceptors (Lipinski definition) is 6. The molecule has 160 valence electrons. The molecule has 0 bridgehead atoms. The van der Waals surface area contributed by atoms with Crippen LogP contribution in [-0.2, 0) is 9.53 Å². The highest BCUT2D eigenvalue weighted by Crippen LogP contribution is 2.39. The average molecular weight is 484 g/mol. The summed E-state index contributed by atoms with van der Waals surface area (Å²) in [6.07, 6.45) is 1.62. The maximum absolute atomic E-state index is 13.3. The molecule has 2 aromatic carbocycles. The van der Waals surface area contributed by atoms with Crippen LogP contribution in [0.15, 0.2) is 58.9 Å². The number of halogens is 2. The van der Waals surface area contributed by atoms with Crippen molar-refractivity contribution >= 4 is 58.0 Å². The van der Waals surface area contributed by atoms with Crippen LogP contribution in [0.25, 0.3) is 17.5 Å². The second-order valence-corrected chi connectivity index (χ2v) is 8.69. The number of allylic oxidation sites excluding steroid dienone is 1. The highest BCUT2D eigenvalue weighted by molar-refractivity contribution is 7.07. The lowest BCUT2D eigenvalue weighted by atomic mass is 9.84. The van der Waals surface area contributed by atoms with Gasteiger partial charge in [0.05, 0.1) is 34.8 Å². The summed E-state index contributed by atoms with van der Waals surface area (Å²) >= 11 is 13.7. The third-order valence-corrected chi connectivity index (χ3v) is 6.88. The molecule has 0 aliphatic carbocycles. The Labute approximate surface area is 196 Å². The summed E-state index contributed by atoms with van der Waals surface area (Å²) in [5.74, 6) is -1.62. The number of carbonyl (C=O) groups excluding carboxylic acids is 1. The number of ether oxygens (including phenoxy) is 1. The number of esters is 1. The number of hydrogen-bond donors (Lipinski definition) is 1. The van der Waals surface area contributed by atoms with Gasteiger partial charge in [0.15, 0.2) is 0 Å². The quantitative estimate of drug-likeness (QED) is 0.577. The van der Waals surface area contributed by atoms with Gasteiger partial charge in [-0.05, 0) is 29.3 Å². The van der Waals surface area contributed by atoms with E-state index in [0.717, 1.165) is 11.3 Å². The molecule has 3 aromatic rings. The van der Waals surface area contributed by atoms with Gasteiger partial charge in [-0.15, -0.1) is 11.3 Å². The smallest absolute Gasteiger partial charge is 0.337 e. The Hall–Kier alpha value is -3.31. The third kappa shape index (κ3) is 3.53. The predicted molar refractivity (Wildman–Crippen MR) is 125 cm³/mol. The van der Waals surface area contributed by atoms with E-state index < -0.39 is 17.4 Å². The minimum absolute atomic E-state index is 0.0372.